The Bertz CT molecular complexity index is 922. The Morgan fingerprint density at radius 3 is 2.45 bits per heavy atom. The molecular formula is C18H16Cl4N4O3. The number of amidine groups is 1. The second-order valence-electron chi connectivity index (χ2n) is 5.50. The van der Waals surface area contributed by atoms with Gasteiger partial charge in [0.1, 0.15) is 19.0 Å². The fraction of sp³-hybridized carbons (Fsp3) is 0.167. The summed E-state index contributed by atoms with van der Waals surface area (Å²) in [6.45, 7) is 0.0739. The number of amides is 1. The highest BCUT2D eigenvalue weighted by molar-refractivity contribution is 6.35. The average molecular weight is 478 g/mol. The molecule has 1 amide bonds. The maximum absolute atomic E-state index is 11.7. The number of carbonyl (C=O) groups is 1. The monoisotopic (exact) mass is 476 g/mol. The topological polar surface area (TPSA) is 98.3 Å². The number of hydrogen-bond acceptors (Lipinski definition) is 5. The van der Waals surface area contributed by atoms with Gasteiger partial charge in [-0.15, -0.1) is 0 Å². The molecule has 0 radical (unpaired) electrons. The summed E-state index contributed by atoms with van der Waals surface area (Å²) in [5.41, 5.74) is 8.67. The van der Waals surface area contributed by atoms with Gasteiger partial charge in [-0.25, -0.2) is 5.43 Å². The summed E-state index contributed by atoms with van der Waals surface area (Å²) >= 11 is 23.6. The van der Waals surface area contributed by atoms with Crippen molar-refractivity contribution in [2.24, 2.45) is 16.0 Å². The predicted octanol–water partition coefficient (Wildman–Crippen LogP) is 4.66. The molecule has 0 aromatic heterocycles. The van der Waals surface area contributed by atoms with Gasteiger partial charge in [-0.05, 0) is 30.3 Å². The van der Waals surface area contributed by atoms with Gasteiger partial charge in [-0.2, -0.15) is 5.10 Å². The van der Waals surface area contributed by atoms with Crippen molar-refractivity contribution >= 4 is 64.4 Å². The number of halogens is 4. The number of benzene rings is 2. The Kier molecular flexibility index (Phi) is 9.34. The van der Waals surface area contributed by atoms with Crippen LogP contribution in [0.5, 0.6) is 5.75 Å². The minimum atomic E-state index is -0.436. The van der Waals surface area contributed by atoms with E-state index in [1.807, 2.05) is 0 Å². The minimum absolute atomic E-state index is 0.0509. The third-order valence-corrected chi connectivity index (χ3v) is 4.37. The highest BCUT2D eigenvalue weighted by Gasteiger charge is 2.05. The molecule has 0 spiro atoms. The van der Waals surface area contributed by atoms with E-state index in [1.54, 1.807) is 30.3 Å². The van der Waals surface area contributed by atoms with E-state index in [9.17, 15) is 4.79 Å². The molecule has 0 aliphatic heterocycles. The van der Waals surface area contributed by atoms with Gasteiger partial charge in [0.05, 0.1) is 17.7 Å². The van der Waals surface area contributed by atoms with Crippen LogP contribution in [0.3, 0.4) is 0 Å². The highest BCUT2D eigenvalue weighted by Crippen LogP contribution is 2.27. The number of carbonyl (C=O) groups excluding carboxylic acids is 1. The maximum atomic E-state index is 11.7. The zero-order valence-electron chi connectivity index (χ0n) is 14.9. The predicted molar refractivity (Wildman–Crippen MR) is 116 cm³/mol. The molecule has 2 aromatic carbocycles. The lowest BCUT2D eigenvalue weighted by atomic mass is 10.2. The Morgan fingerprint density at radius 1 is 1.07 bits per heavy atom. The van der Waals surface area contributed by atoms with Crippen LogP contribution in [0.2, 0.25) is 20.1 Å². The molecule has 11 heteroatoms. The SMILES string of the molecule is NC(COc1ccc(Cl)cc1Cl)=NNC(=O)C/C=N/OCc1ccc(Cl)cc1Cl. The Hall–Kier alpha value is -2.19. The second-order valence-corrected chi connectivity index (χ2v) is 7.19. The molecule has 0 heterocycles. The fourth-order valence-corrected chi connectivity index (χ4v) is 2.80. The third kappa shape index (κ3) is 8.37. The first-order valence-corrected chi connectivity index (χ1v) is 9.63. The number of nitrogens with zero attached hydrogens (tertiary/aromatic N) is 2. The summed E-state index contributed by atoms with van der Waals surface area (Å²) in [4.78, 5) is 16.8. The van der Waals surface area contributed by atoms with Crippen LogP contribution in [0, 0.1) is 0 Å². The Balaban J connectivity index is 1.69. The van der Waals surface area contributed by atoms with Gasteiger partial charge in [0.15, 0.2) is 5.84 Å². The number of hydrazone groups is 1. The second kappa shape index (κ2) is 11.7. The van der Waals surface area contributed by atoms with Crippen molar-refractivity contribution in [2.75, 3.05) is 6.61 Å². The van der Waals surface area contributed by atoms with E-state index >= 15 is 0 Å². The van der Waals surface area contributed by atoms with E-state index in [1.165, 1.54) is 12.3 Å². The van der Waals surface area contributed by atoms with E-state index in [0.717, 1.165) is 5.56 Å². The number of nitrogens with two attached hydrogens (primary N) is 1. The molecule has 3 N–H and O–H groups in total. The van der Waals surface area contributed by atoms with E-state index in [2.05, 4.69) is 15.7 Å². The summed E-state index contributed by atoms with van der Waals surface area (Å²) in [5.74, 6) is 0.00917. The van der Waals surface area contributed by atoms with Crippen LogP contribution in [0.25, 0.3) is 0 Å². The summed E-state index contributed by atoms with van der Waals surface area (Å²) in [5, 5.41) is 9.22. The summed E-state index contributed by atoms with van der Waals surface area (Å²) < 4.78 is 5.39. The van der Waals surface area contributed by atoms with Crippen LogP contribution in [0.4, 0.5) is 0 Å². The molecule has 0 saturated carbocycles. The molecule has 154 valence electrons. The molecule has 0 aliphatic rings. The van der Waals surface area contributed by atoms with Crippen molar-refractivity contribution in [1.29, 1.82) is 0 Å². The van der Waals surface area contributed by atoms with E-state index in [-0.39, 0.29) is 25.5 Å². The van der Waals surface area contributed by atoms with Gasteiger partial charge < -0.3 is 15.3 Å². The minimum Gasteiger partial charge on any atom is -0.484 e. The standard InChI is InChI=1S/C18H16Cl4N4O3/c19-12-2-1-11(14(21)7-12)9-29-24-6-5-18(27)26-25-17(23)10-28-16-4-3-13(20)8-15(16)22/h1-4,6-8H,5,9-10H2,(H2,23,25)(H,26,27)/b24-6+. The van der Waals surface area contributed by atoms with Gasteiger partial charge in [0.25, 0.3) is 0 Å². The number of rotatable bonds is 9. The van der Waals surface area contributed by atoms with Gasteiger partial charge >= 0.3 is 0 Å². The first kappa shape index (κ1) is 23.1. The van der Waals surface area contributed by atoms with Crippen molar-refractivity contribution in [1.82, 2.24) is 5.43 Å². The Labute approximate surface area is 187 Å². The summed E-state index contributed by atoms with van der Waals surface area (Å²) in [6.07, 6.45) is 1.23. The smallest absolute Gasteiger partial charge is 0.245 e. The van der Waals surface area contributed by atoms with E-state index < -0.39 is 5.91 Å². The van der Waals surface area contributed by atoms with Crippen LogP contribution < -0.4 is 15.9 Å². The van der Waals surface area contributed by atoms with Crippen LogP contribution in [-0.4, -0.2) is 24.6 Å². The number of oxime groups is 1. The molecule has 7 nitrogen and oxygen atoms in total. The fourth-order valence-electron chi connectivity index (χ4n) is 1.87. The Morgan fingerprint density at radius 2 is 1.76 bits per heavy atom. The van der Waals surface area contributed by atoms with Gasteiger partial charge in [0.2, 0.25) is 5.91 Å². The van der Waals surface area contributed by atoms with Crippen molar-refractivity contribution in [3.63, 3.8) is 0 Å². The number of nitrogens with one attached hydrogen (secondary N) is 1. The molecule has 2 aromatic rings. The lowest BCUT2D eigenvalue weighted by Gasteiger charge is -2.07. The van der Waals surface area contributed by atoms with E-state index in [0.29, 0.717) is 25.8 Å². The summed E-state index contributed by atoms with van der Waals surface area (Å²) in [7, 11) is 0. The van der Waals surface area contributed by atoms with Gasteiger partial charge in [0, 0.05) is 20.6 Å². The quantitative estimate of drug-likeness (QED) is 0.311. The lowest BCUT2D eigenvalue weighted by Crippen LogP contribution is -2.27. The molecule has 0 atom stereocenters. The van der Waals surface area contributed by atoms with Crippen molar-refractivity contribution in [3.8, 4) is 5.75 Å². The van der Waals surface area contributed by atoms with E-state index in [4.69, 9.17) is 61.7 Å². The largest absolute Gasteiger partial charge is 0.484 e. The van der Waals surface area contributed by atoms with Gasteiger partial charge in [-0.3, -0.25) is 4.79 Å². The lowest BCUT2D eigenvalue weighted by molar-refractivity contribution is -0.119. The average Bonchev–Trinajstić information content (AvgIpc) is 2.67. The maximum Gasteiger partial charge on any atom is 0.245 e. The molecule has 0 bridgehead atoms. The molecule has 0 saturated heterocycles. The molecule has 29 heavy (non-hydrogen) atoms. The first-order chi connectivity index (χ1) is 13.8. The zero-order chi connectivity index (χ0) is 21.2. The van der Waals surface area contributed by atoms with Crippen molar-refractivity contribution in [2.45, 2.75) is 13.0 Å². The number of ether oxygens (including phenoxy) is 1. The highest BCUT2D eigenvalue weighted by atomic mass is 35.5. The zero-order valence-corrected chi connectivity index (χ0v) is 17.9. The van der Waals surface area contributed by atoms with Crippen molar-refractivity contribution < 1.29 is 14.4 Å². The van der Waals surface area contributed by atoms with Crippen LogP contribution in [0.1, 0.15) is 12.0 Å². The van der Waals surface area contributed by atoms with Crippen LogP contribution >= 0.6 is 46.4 Å². The molecule has 0 unspecified atom stereocenters. The van der Waals surface area contributed by atoms with Crippen molar-refractivity contribution in [3.05, 3.63) is 62.1 Å². The first-order valence-electron chi connectivity index (χ1n) is 8.11. The molecule has 0 aliphatic carbocycles. The van der Waals surface area contributed by atoms with Crippen LogP contribution in [-0.2, 0) is 16.2 Å². The normalized spacial score (nSPS) is 11.5. The number of hydrogen-bond donors (Lipinski definition) is 2. The molecular weight excluding hydrogens is 462 g/mol. The van der Waals surface area contributed by atoms with Gasteiger partial charge in [-0.1, -0.05) is 57.6 Å². The molecule has 2 rings (SSSR count). The third-order valence-electron chi connectivity index (χ3n) is 3.25. The molecule has 0 fully saturated rings. The van der Waals surface area contributed by atoms with Crippen LogP contribution in [0.15, 0.2) is 46.7 Å². The summed E-state index contributed by atoms with van der Waals surface area (Å²) in [6, 6.07) is 9.78.